The highest BCUT2D eigenvalue weighted by Gasteiger charge is 2.35. The number of ether oxygens (including phenoxy) is 1. The molecule has 9 heteroatoms. The molecule has 0 saturated heterocycles. The van der Waals surface area contributed by atoms with Crippen molar-refractivity contribution in [3.05, 3.63) is 53.9 Å². The molecule has 1 N–H and O–H groups in total. The highest BCUT2D eigenvalue weighted by molar-refractivity contribution is 5.86. The molecule has 2 atom stereocenters. The predicted molar refractivity (Wildman–Crippen MR) is 137 cm³/mol. The summed E-state index contributed by atoms with van der Waals surface area (Å²) in [6, 6.07) is 12.1. The van der Waals surface area contributed by atoms with E-state index in [1.807, 2.05) is 19.9 Å². The van der Waals surface area contributed by atoms with E-state index < -0.39 is 6.36 Å². The first-order valence-electron chi connectivity index (χ1n) is 12.5. The van der Waals surface area contributed by atoms with Crippen molar-refractivity contribution in [1.82, 2.24) is 14.7 Å². The minimum absolute atomic E-state index is 0.184. The second-order valence-corrected chi connectivity index (χ2v) is 11.0. The third-order valence-corrected chi connectivity index (χ3v) is 7.08. The van der Waals surface area contributed by atoms with Crippen molar-refractivity contribution in [2.24, 2.45) is 11.3 Å². The molecule has 0 unspecified atom stereocenters. The van der Waals surface area contributed by atoms with Gasteiger partial charge in [-0.15, -0.1) is 13.2 Å². The van der Waals surface area contributed by atoms with Crippen LogP contribution >= 0.6 is 0 Å². The highest BCUT2D eigenvalue weighted by atomic mass is 19.4. The largest absolute Gasteiger partial charge is 0.573 e. The maximum Gasteiger partial charge on any atom is 0.573 e. The number of nitrogens with zero attached hydrogens (tertiary/aromatic N) is 3. The van der Waals surface area contributed by atoms with Gasteiger partial charge in [0.25, 0.3) is 0 Å². The number of halogens is 3. The lowest BCUT2D eigenvalue weighted by atomic mass is 9.70. The maximum atomic E-state index is 12.6. The summed E-state index contributed by atoms with van der Waals surface area (Å²) >= 11 is 0. The molecule has 2 aromatic carbocycles. The average molecular weight is 513 g/mol. The Hall–Kier alpha value is -3.49. The SMILES string of the molecule is Cc1noc(C)c1-c1ccc2c(c1)nc(Nc1ccc(OC(F)(F)F)cc1)n2[C@@H]1C[C@@H](C)CC(C)(C)C1. The molecular formula is C28H31F3N4O2. The third kappa shape index (κ3) is 5.31. The lowest BCUT2D eigenvalue weighted by Crippen LogP contribution is -2.29. The van der Waals surface area contributed by atoms with E-state index in [9.17, 15) is 13.2 Å². The number of fused-ring (bicyclic) bond motifs is 1. The number of nitrogens with one attached hydrogen (secondary N) is 1. The molecule has 1 aliphatic carbocycles. The van der Waals surface area contributed by atoms with Gasteiger partial charge in [0.05, 0.1) is 16.7 Å². The first-order chi connectivity index (χ1) is 17.4. The van der Waals surface area contributed by atoms with Crippen molar-refractivity contribution in [3.8, 4) is 16.9 Å². The van der Waals surface area contributed by atoms with Gasteiger partial charge in [-0.25, -0.2) is 4.98 Å². The number of rotatable bonds is 5. The molecule has 6 nitrogen and oxygen atoms in total. The highest BCUT2D eigenvalue weighted by Crippen LogP contribution is 2.46. The minimum atomic E-state index is -4.73. The number of hydrogen-bond acceptors (Lipinski definition) is 5. The van der Waals surface area contributed by atoms with E-state index in [1.54, 1.807) is 12.1 Å². The van der Waals surface area contributed by atoms with Crippen LogP contribution < -0.4 is 10.1 Å². The molecule has 4 aromatic rings. The zero-order chi connectivity index (χ0) is 26.5. The van der Waals surface area contributed by atoms with Gasteiger partial charge in [0, 0.05) is 17.3 Å². The smallest absolute Gasteiger partial charge is 0.406 e. The second-order valence-electron chi connectivity index (χ2n) is 11.0. The Morgan fingerprint density at radius 3 is 2.43 bits per heavy atom. The zero-order valence-electron chi connectivity index (χ0n) is 21.6. The lowest BCUT2D eigenvalue weighted by molar-refractivity contribution is -0.274. The molecular weight excluding hydrogens is 481 g/mol. The van der Waals surface area contributed by atoms with Crippen LogP contribution in [-0.2, 0) is 0 Å². The fourth-order valence-electron chi connectivity index (χ4n) is 5.97. The Morgan fingerprint density at radius 2 is 1.81 bits per heavy atom. The van der Waals surface area contributed by atoms with Gasteiger partial charge in [-0.1, -0.05) is 32.0 Å². The molecule has 1 fully saturated rings. The van der Waals surface area contributed by atoms with Crippen LogP contribution in [0.25, 0.3) is 22.2 Å². The number of alkyl halides is 3. The molecule has 1 saturated carbocycles. The molecule has 5 rings (SSSR count). The Balaban J connectivity index is 1.56. The first-order valence-corrected chi connectivity index (χ1v) is 12.5. The van der Waals surface area contributed by atoms with Gasteiger partial charge in [-0.2, -0.15) is 0 Å². The summed E-state index contributed by atoms with van der Waals surface area (Å²) in [6.45, 7) is 10.7. The monoisotopic (exact) mass is 512 g/mol. The molecule has 0 spiro atoms. The summed E-state index contributed by atoms with van der Waals surface area (Å²) in [5.74, 6) is 1.70. The van der Waals surface area contributed by atoms with Crippen LogP contribution in [0.4, 0.5) is 24.8 Å². The Bertz CT molecular complexity index is 1400. The van der Waals surface area contributed by atoms with E-state index in [0.717, 1.165) is 52.9 Å². The Kier molecular flexibility index (Phi) is 6.20. The van der Waals surface area contributed by atoms with Crippen molar-refractivity contribution in [2.75, 3.05) is 5.32 Å². The lowest BCUT2D eigenvalue weighted by Gasteiger charge is -2.40. The Labute approximate surface area is 213 Å². The van der Waals surface area contributed by atoms with Crippen LogP contribution in [0.15, 0.2) is 47.0 Å². The molecule has 2 heterocycles. The summed E-state index contributed by atoms with van der Waals surface area (Å²) in [5.41, 5.74) is 5.39. The topological polar surface area (TPSA) is 65.1 Å². The van der Waals surface area contributed by atoms with Gasteiger partial charge in [0.15, 0.2) is 0 Å². The molecule has 0 aliphatic heterocycles. The fourth-order valence-corrected chi connectivity index (χ4v) is 5.97. The van der Waals surface area contributed by atoms with E-state index in [-0.39, 0.29) is 17.2 Å². The van der Waals surface area contributed by atoms with E-state index in [4.69, 9.17) is 9.51 Å². The molecule has 0 bridgehead atoms. The Morgan fingerprint density at radius 1 is 1.08 bits per heavy atom. The van der Waals surface area contributed by atoms with Crippen LogP contribution in [0, 0.1) is 25.2 Å². The number of aryl methyl sites for hydroxylation is 2. The second kappa shape index (κ2) is 9.11. The third-order valence-electron chi connectivity index (χ3n) is 7.08. The van der Waals surface area contributed by atoms with E-state index in [1.165, 1.54) is 12.1 Å². The molecule has 196 valence electrons. The fraction of sp³-hybridized carbons (Fsp3) is 0.429. The predicted octanol–water partition coefficient (Wildman–Crippen LogP) is 8.34. The van der Waals surface area contributed by atoms with E-state index >= 15 is 0 Å². The molecule has 0 radical (unpaired) electrons. The van der Waals surface area contributed by atoms with Crippen LogP contribution in [0.2, 0.25) is 0 Å². The van der Waals surface area contributed by atoms with Gasteiger partial charge in [-0.3, -0.25) is 0 Å². The average Bonchev–Trinajstić information content (AvgIpc) is 3.30. The van der Waals surface area contributed by atoms with E-state index in [0.29, 0.717) is 17.6 Å². The van der Waals surface area contributed by atoms with Crippen LogP contribution in [0.5, 0.6) is 5.75 Å². The maximum absolute atomic E-state index is 12.6. The number of hydrogen-bond donors (Lipinski definition) is 1. The molecule has 37 heavy (non-hydrogen) atoms. The quantitative estimate of drug-likeness (QED) is 0.291. The molecule has 1 aliphatic rings. The van der Waals surface area contributed by atoms with Crippen molar-refractivity contribution in [3.63, 3.8) is 0 Å². The normalized spacial score (nSPS) is 19.8. The van der Waals surface area contributed by atoms with Gasteiger partial charge in [0.1, 0.15) is 11.5 Å². The van der Waals surface area contributed by atoms with Gasteiger partial charge < -0.3 is 19.1 Å². The number of aromatic nitrogens is 3. The van der Waals surface area contributed by atoms with E-state index in [2.05, 4.69) is 52.7 Å². The van der Waals surface area contributed by atoms with Crippen molar-refractivity contribution in [2.45, 2.75) is 66.3 Å². The van der Waals surface area contributed by atoms with Crippen molar-refractivity contribution >= 4 is 22.7 Å². The number of imidazole rings is 1. The van der Waals surface area contributed by atoms with Crippen LogP contribution in [0.3, 0.4) is 0 Å². The first kappa shape index (κ1) is 25.2. The summed E-state index contributed by atoms with van der Waals surface area (Å²) in [4.78, 5) is 4.96. The van der Waals surface area contributed by atoms with Gasteiger partial charge in [0.2, 0.25) is 5.95 Å². The summed E-state index contributed by atoms with van der Waals surface area (Å²) in [5, 5.41) is 7.44. The number of anilines is 2. The van der Waals surface area contributed by atoms with Crippen molar-refractivity contribution in [1.29, 1.82) is 0 Å². The summed E-state index contributed by atoms with van der Waals surface area (Å²) in [6.07, 6.45) is -1.54. The number of benzene rings is 2. The zero-order valence-corrected chi connectivity index (χ0v) is 21.6. The van der Waals surface area contributed by atoms with Crippen LogP contribution in [0.1, 0.15) is 57.5 Å². The minimum Gasteiger partial charge on any atom is -0.406 e. The molecule has 2 aromatic heterocycles. The van der Waals surface area contributed by atoms with Crippen molar-refractivity contribution < 1.29 is 22.4 Å². The standard InChI is InChI=1S/C28H31F3N4O2/c1-16-12-21(15-27(4,5)14-16)35-24-11-6-19(25-17(2)34-37-18(25)3)13-23(24)33-26(35)32-20-7-9-22(10-8-20)36-28(29,30)31/h6-11,13,16,21H,12,14-15H2,1-5H3,(H,32,33)/t16-,21-/m1/s1. The summed E-state index contributed by atoms with van der Waals surface area (Å²) in [7, 11) is 0. The van der Waals surface area contributed by atoms with Gasteiger partial charge >= 0.3 is 6.36 Å². The summed E-state index contributed by atoms with van der Waals surface area (Å²) < 4.78 is 49.4. The molecule has 0 amide bonds. The van der Waals surface area contributed by atoms with Crippen LogP contribution in [-0.4, -0.2) is 21.1 Å². The van der Waals surface area contributed by atoms with Gasteiger partial charge in [-0.05, 0) is 86.4 Å².